The molecular formula is C15H14Cl2N4O3. The van der Waals surface area contributed by atoms with Crippen molar-refractivity contribution in [1.82, 2.24) is 20.6 Å². The van der Waals surface area contributed by atoms with Crippen LogP contribution in [0.1, 0.15) is 11.9 Å². The zero-order chi connectivity index (χ0) is 15.6. The van der Waals surface area contributed by atoms with Gasteiger partial charge in [-0.05, 0) is 12.1 Å². The zero-order valence-corrected chi connectivity index (χ0v) is 14.0. The van der Waals surface area contributed by atoms with Crippen LogP contribution in [0.4, 0.5) is 0 Å². The summed E-state index contributed by atoms with van der Waals surface area (Å²) in [6.07, 6.45) is 0. The van der Waals surface area contributed by atoms with Gasteiger partial charge in [-0.2, -0.15) is 4.98 Å². The lowest BCUT2D eigenvalue weighted by Crippen LogP contribution is -2.35. The first-order valence-electron chi connectivity index (χ1n) is 7.17. The molecule has 0 spiro atoms. The first-order chi connectivity index (χ1) is 11.3. The molecule has 126 valence electrons. The molecule has 3 aromatic rings. The van der Waals surface area contributed by atoms with Gasteiger partial charge >= 0.3 is 0 Å². The molecule has 0 aliphatic carbocycles. The van der Waals surface area contributed by atoms with E-state index in [4.69, 9.17) is 25.4 Å². The van der Waals surface area contributed by atoms with Crippen LogP contribution >= 0.6 is 24.0 Å². The highest BCUT2D eigenvalue weighted by molar-refractivity contribution is 6.30. The lowest BCUT2D eigenvalue weighted by atomic mass is 10.1. The van der Waals surface area contributed by atoms with Crippen molar-refractivity contribution in [3.8, 4) is 22.9 Å². The zero-order valence-electron chi connectivity index (χ0n) is 12.4. The highest BCUT2D eigenvalue weighted by Crippen LogP contribution is 2.27. The summed E-state index contributed by atoms with van der Waals surface area (Å²) in [5, 5.41) is 11.9. The second-order valence-corrected chi connectivity index (χ2v) is 5.56. The Labute approximate surface area is 148 Å². The van der Waals surface area contributed by atoms with Crippen LogP contribution in [0.2, 0.25) is 5.02 Å². The number of benzene rings is 1. The summed E-state index contributed by atoms with van der Waals surface area (Å²) in [5.74, 6) is 1.44. The van der Waals surface area contributed by atoms with Crippen LogP contribution in [0.15, 0.2) is 39.4 Å². The Morgan fingerprint density at radius 3 is 2.88 bits per heavy atom. The Kier molecular flexibility index (Phi) is 5.15. The van der Waals surface area contributed by atoms with Crippen molar-refractivity contribution in [3.05, 3.63) is 41.2 Å². The molecule has 1 unspecified atom stereocenters. The molecule has 2 aromatic heterocycles. The number of hydrogen-bond acceptors (Lipinski definition) is 7. The summed E-state index contributed by atoms with van der Waals surface area (Å²) in [5.41, 5.74) is 1.31. The van der Waals surface area contributed by atoms with E-state index in [1.807, 2.05) is 12.1 Å². The maximum atomic E-state index is 5.99. The average molecular weight is 369 g/mol. The van der Waals surface area contributed by atoms with Gasteiger partial charge in [-0.25, -0.2) is 0 Å². The summed E-state index contributed by atoms with van der Waals surface area (Å²) in [7, 11) is 0. The van der Waals surface area contributed by atoms with Gasteiger partial charge in [0.15, 0.2) is 17.3 Å². The Hall–Kier alpha value is -1.93. The SMILES string of the molecule is Cl.Clc1cccc(-c2cc(-c3nc(C4COCCN4)no3)no2)c1. The second-order valence-electron chi connectivity index (χ2n) is 5.13. The number of nitrogens with one attached hydrogen (secondary N) is 1. The summed E-state index contributed by atoms with van der Waals surface area (Å²) in [6.45, 7) is 1.97. The Bertz CT molecular complexity index is 814. The third kappa shape index (κ3) is 3.44. The van der Waals surface area contributed by atoms with E-state index in [-0.39, 0.29) is 18.4 Å². The van der Waals surface area contributed by atoms with Crippen LogP contribution in [0.25, 0.3) is 22.9 Å². The van der Waals surface area contributed by atoms with Gasteiger partial charge in [0, 0.05) is 23.2 Å². The quantitative estimate of drug-likeness (QED) is 0.759. The van der Waals surface area contributed by atoms with E-state index in [1.165, 1.54) is 0 Å². The molecule has 24 heavy (non-hydrogen) atoms. The molecule has 0 saturated carbocycles. The molecule has 1 aliphatic heterocycles. The van der Waals surface area contributed by atoms with Crippen molar-refractivity contribution >= 4 is 24.0 Å². The Morgan fingerprint density at radius 1 is 1.17 bits per heavy atom. The topological polar surface area (TPSA) is 86.2 Å². The third-order valence-corrected chi connectivity index (χ3v) is 3.75. The number of ether oxygens (including phenoxy) is 1. The van der Waals surface area contributed by atoms with Gasteiger partial charge in [-0.3, -0.25) is 0 Å². The molecular weight excluding hydrogens is 355 g/mol. The molecule has 0 radical (unpaired) electrons. The summed E-state index contributed by atoms with van der Waals surface area (Å²) < 4.78 is 16.0. The van der Waals surface area contributed by atoms with Crippen LogP contribution in [0.5, 0.6) is 0 Å². The van der Waals surface area contributed by atoms with E-state index < -0.39 is 0 Å². The summed E-state index contributed by atoms with van der Waals surface area (Å²) >= 11 is 5.99. The van der Waals surface area contributed by atoms with E-state index >= 15 is 0 Å². The van der Waals surface area contributed by atoms with Crippen LogP contribution in [-0.2, 0) is 4.74 Å². The largest absolute Gasteiger partial charge is 0.378 e. The number of morpholine rings is 1. The maximum Gasteiger partial charge on any atom is 0.280 e. The smallest absolute Gasteiger partial charge is 0.280 e. The molecule has 1 aliphatic rings. The van der Waals surface area contributed by atoms with Gasteiger partial charge in [0.1, 0.15) is 0 Å². The van der Waals surface area contributed by atoms with Gasteiger partial charge in [0.2, 0.25) is 0 Å². The first kappa shape index (κ1) is 16.9. The van der Waals surface area contributed by atoms with E-state index in [2.05, 4.69) is 20.6 Å². The fourth-order valence-corrected chi connectivity index (χ4v) is 2.56. The van der Waals surface area contributed by atoms with Gasteiger partial charge in [0.05, 0.1) is 19.3 Å². The van der Waals surface area contributed by atoms with E-state index in [1.54, 1.807) is 18.2 Å². The van der Waals surface area contributed by atoms with Crippen LogP contribution in [-0.4, -0.2) is 35.1 Å². The Morgan fingerprint density at radius 2 is 2.08 bits per heavy atom. The van der Waals surface area contributed by atoms with Crippen molar-refractivity contribution in [2.75, 3.05) is 19.8 Å². The van der Waals surface area contributed by atoms with E-state index in [0.717, 1.165) is 12.1 Å². The number of rotatable bonds is 3. The van der Waals surface area contributed by atoms with Crippen LogP contribution in [0, 0.1) is 0 Å². The average Bonchev–Trinajstić information content (AvgIpc) is 3.25. The van der Waals surface area contributed by atoms with Crippen molar-refractivity contribution in [1.29, 1.82) is 0 Å². The lowest BCUT2D eigenvalue weighted by molar-refractivity contribution is 0.0734. The highest BCUT2D eigenvalue weighted by Gasteiger charge is 2.22. The van der Waals surface area contributed by atoms with Crippen molar-refractivity contribution in [3.63, 3.8) is 0 Å². The molecule has 1 N–H and O–H groups in total. The second kappa shape index (κ2) is 7.31. The minimum absolute atomic E-state index is 0. The maximum absolute atomic E-state index is 5.99. The monoisotopic (exact) mass is 368 g/mol. The Balaban J connectivity index is 0.00000169. The van der Waals surface area contributed by atoms with E-state index in [0.29, 0.717) is 41.4 Å². The fourth-order valence-electron chi connectivity index (χ4n) is 2.37. The van der Waals surface area contributed by atoms with Crippen molar-refractivity contribution in [2.24, 2.45) is 0 Å². The molecule has 3 heterocycles. The van der Waals surface area contributed by atoms with Gasteiger partial charge in [-0.1, -0.05) is 34.0 Å². The van der Waals surface area contributed by atoms with Crippen molar-refractivity contribution < 1.29 is 13.8 Å². The molecule has 1 aromatic carbocycles. The minimum atomic E-state index is -0.0689. The number of aromatic nitrogens is 3. The van der Waals surface area contributed by atoms with Gasteiger partial charge in [-0.15, -0.1) is 12.4 Å². The summed E-state index contributed by atoms with van der Waals surface area (Å²) in [6, 6.07) is 9.01. The lowest BCUT2D eigenvalue weighted by Gasteiger charge is -2.20. The standard InChI is InChI=1S/C15H13ClN4O3.ClH/c16-10-3-1-2-9(6-10)13-7-11(19-22-13)15-18-14(20-23-15)12-8-21-5-4-17-12;/h1-3,6-7,12,17H,4-5,8H2;1H. The molecule has 9 heteroatoms. The van der Waals surface area contributed by atoms with Crippen LogP contribution < -0.4 is 5.32 Å². The molecule has 1 fully saturated rings. The van der Waals surface area contributed by atoms with Gasteiger partial charge < -0.3 is 19.1 Å². The fraction of sp³-hybridized carbons (Fsp3) is 0.267. The molecule has 4 rings (SSSR count). The highest BCUT2D eigenvalue weighted by atomic mass is 35.5. The number of nitrogens with zero attached hydrogens (tertiary/aromatic N) is 3. The minimum Gasteiger partial charge on any atom is -0.378 e. The van der Waals surface area contributed by atoms with E-state index in [9.17, 15) is 0 Å². The van der Waals surface area contributed by atoms with Gasteiger partial charge in [0.25, 0.3) is 5.89 Å². The predicted molar refractivity (Wildman–Crippen MR) is 89.1 cm³/mol. The van der Waals surface area contributed by atoms with Crippen LogP contribution in [0.3, 0.4) is 0 Å². The van der Waals surface area contributed by atoms with Crippen molar-refractivity contribution in [2.45, 2.75) is 6.04 Å². The molecule has 1 atom stereocenters. The molecule has 7 nitrogen and oxygen atoms in total. The molecule has 0 bridgehead atoms. The number of halogens is 2. The number of hydrogen-bond donors (Lipinski definition) is 1. The summed E-state index contributed by atoms with van der Waals surface area (Å²) in [4.78, 5) is 4.36. The predicted octanol–water partition coefficient (Wildman–Crippen LogP) is 3.13. The normalized spacial score (nSPS) is 17.5. The first-order valence-corrected chi connectivity index (χ1v) is 7.55. The third-order valence-electron chi connectivity index (χ3n) is 3.51. The molecule has 1 saturated heterocycles. The molecule has 0 amide bonds.